The molecule has 1 aromatic rings. The first kappa shape index (κ1) is 18.8. The number of nitrogens with zero attached hydrogens (tertiary/aromatic N) is 1. The van der Waals surface area contributed by atoms with Crippen LogP contribution < -0.4 is 5.73 Å². The number of carbonyl (C=O) groups is 1. The Morgan fingerprint density at radius 2 is 2.09 bits per heavy atom. The van der Waals surface area contributed by atoms with E-state index in [9.17, 15) is 18.0 Å². The van der Waals surface area contributed by atoms with Gasteiger partial charge in [0.05, 0.1) is 5.56 Å². The Labute approximate surface area is 134 Å². The Hall–Kier alpha value is -1.27. The lowest BCUT2D eigenvalue weighted by atomic mass is 9.92. The van der Waals surface area contributed by atoms with Crippen LogP contribution in [0.5, 0.6) is 0 Å². The summed E-state index contributed by atoms with van der Waals surface area (Å²) in [5.41, 5.74) is 5.14. The van der Waals surface area contributed by atoms with Gasteiger partial charge in [0.25, 0.3) is 5.91 Å². The molecule has 2 N–H and O–H groups in total. The summed E-state index contributed by atoms with van der Waals surface area (Å²) in [6, 6.07) is 4.55. The second-order valence-electron chi connectivity index (χ2n) is 5.59. The van der Waals surface area contributed by atoms with Crippen molar-refractivity contribution in [1.82, 2.24) is 4.90 Å². The molecule has 0 saturated carbocycles. The van der Waals surface area contributed by atoms with Gasteiger partial charge in [0, 0.05) is 24.7 Å². The standard InChI is InChI=1S/C15H19F3N2O.ClH/c1-10(19)12-5-3-7-20(9-12)14(21)11-4-2-6-13(8-11)15(16,17)18;/h2,4,6,8,10,12H,3,5,7,9,19H2,1H3;1H. The molecule has 7 heteroatoms. The van der Waals surface area contributed by atoms with Gasteiger partial charge in [-0.25, -0.2) is 0 Å². The van der Waals surface area contributed by atoms with E-state index in [1.807, 2.05) is 6.92 Å². The number of rotatable bonds is 2. The average Bonchev–Trinajstić information content (AvgIpc) is 2.46. The van der Waals surface area contributed by atoms with Crippen LogP contribution >= 0.6 is 12.4 Å². The Morgan fingerprint density at radius 1 is 1.41 bits per heavy atom. The molecular weight excluding hydrogens is 317 g/mol. The number of benzene rings is 1. The summed E-state index contributed by atoms with van der Waals surface area (Å²) in [6.45, 7) is 2.97. The van der Waals surface area contributed by atoms with Crippen LogP contribution in [0, 0.1) is 5.92 Å². The van der Waals surface area contributed by atoms with E-state index in [0.717, 1.165) is 25.0 Å². The highest BCUT2D eigenvalue weighted by Gasteiger charge is 2.32. The van der Waals surface area contributed by atoms with E-state index in [-0.39, 0.29) is 35.8 Å². The highest BCUT2D eigenvalue weighted by Crippen LogP contribution is 2.30. The van der Waals surface area contributed by atoms with Crippen LogP contribution in [0.3, 0.4) is 0 Å². The van der Waals surface area contributed by atoms with Gasteiger partial charge in [-0.3, -0.25) is 4.79 Å². The third kappa shape index (κ3) is 4.36. The van der Waals surface area contributed by atoms with Crippen LogP contribution in [0.2, 0.25) is 0 Å². The fourth-order valence-electron chi connectivity index (χ4n) is 2.63. The fourth-order valence-corrected chi connectivity index (χ4v) is 2.63. The van der Waals surface area contributed by atoms with Gasteiger partial charge in [0.1, 0.15) is 0 Å². The minimum atomic E-state index is -4.44. The van der Waals surface area contributed by atoms with E-state index in [1.54, 1.807) is 4.90 Å². The zero-order chi connectivity index (χ0) is 15.6. The van der Waals surface area contributed by atoms with Gasteiger partial charge < -0.3 is 10.6 Å². The van der Waals surface area contributed by atoms with Gasteiger partial charge in [-0.2, -0.15) is 13.2 Å². The first-order valence-corrected chi connectivity index (χ1v) is 7.01. The summed E-state index contributed by atoms with van der Waals surface area (Å²) in [7, 11) is 0. The van der Waals surface area contributed by atoms with Crippen molar-refractivity contribution in [2.45, 2.75) is 32.0 Å². The van der Waals surface area contributed by atoms with Gasteiger partial charge in [0.15, 0.2) is 0 Å². The molecule has 2 atom stereocenters. The highest BCUT2D eigenvalue weighted by atomic mass is 35.5. The van der Waals surface area contributed by atoms with Crippen LogP contribution in [0.25, 0.3) is 0 Å². The van der Waals surface area contributed by atoms with E-state index in [1.165, 1.54) is 12.1 Å². The van der Waals surface area contributed by atoms with Crippen molar-refractivity contribution in [1.29, 1.82) is 0 Å². The van der Waals surface area contributed by atoms with Crippen molar-refractivity contribution in [2.24, 2.45) is 11.7 Å². The minimum absolute atomic E-state index is 0. The molecule has 1 aliphatic heterocycles. The summed E-state index contributed by atoms with van der Waals surface area (Å²) in [5, 5.41) is 0. The smallest absolute Gasteiger partial charge is 0.338 e. The van der Waals surface area contributed by atoms with Crippen molar-refractivity contribution in [3.63, 3.8) is 0 Å². The van der Waals surface area contributed by atoms with Crippen LogP contribution in [0.4, 0.5) is 13.2 Å². The quantitative estimate of drug-likeness (QED) is 0.900. The van der Waals surface area contributed by atoms with Crippen molar-refractivity contribution in [2.75, 3.05) is 13.1 Å². The van der Waals surface area contributed by atoms with Gasteiger partial charge in [-0.05, 0) is 43.9 Å². The molecule has 124 valence electrons. The molecule has 0 aromatic heterocycles. The molecule has 1 aromatic carbocycles. The monoisotopic (exact) mass is 336 g/mol. The molecule has 1 fully saturated rings. The summed E-state index contributed by atoms with van der Waals surface area (Å²) in [6.07, 6.45) is -2.66. The third-order valence-corrected chi connectivity index (χ3v) is 3.93. The zero-order valence-corrected chi connectivity index (χ0v) is 13.1. The van der Waals surface area contributed by atoms with Crippen LogP contribution in [0.1, 0.15) is 35.7 Å². The number of likely N-dealkylation sites (tertiary alicyclic amines) is 1. The van der Waals surface area contributed by atoms with Crippen LogP contribution in [-0.2, 0) is 6.18 Å². The number of alkyl halides is 3. The average molecular weight is 337 g/mol. The topological polar surface area (TPSA) is 46.3 Å². The largest absolute Gasteiger partial charge is 0.416 e. The molecule has 0 bridgehead atoms. The number of hydrogen-bond acceptors (Lipinski definition) is 2. The number of nitrogens with two attached hydrogens (primary N) is 1. The second kappa shape index (κ2) is 7.33. The maximum absolute atomic E-state index is 12.7. The number of hydrogen-bond donors (Lipinski definition) is 1. The molecule has 1 heterocycles. The molecule has 2 unspecified atom stereocenters. The third-order valence-electron chi connectivity index (χ3n) is 3.93. The van der Waals surface area contributed by atoms with E-state index in [0.29, 0.717) is 13.1 Å². The van der Waals surface area contributed by atoms with Gasteiger partial charge in [-0.1, -0.05) is 6.07 Å². The lowest BCUT2D eigenvalue weighted by Gasteiger charge is -2.34. The molecule has 0 spiro atoms. The maximum atomic E-state index is 12.7. The molecule has 0 aliphatic carbocycles. The molecule has 1 amide bonds. The summed E-state index contributed by atoms with van der Waals surface area (Å²) >= 11 is 0. The molecular formula is C15H20ClF3N2O. The molecule has 3 nitrogen and oxygen atoms in total. The van der Waals surface area contributed by atoms with Crippen molar-refractivity contribution in [3.8, 4) is 0 Å². The molecule has 1 aliphatic rings. The normalized spacial score (nSPS) is 20.2. The number of amides is 1. The Bertz CT molecular complexity index is 520. The molecule has 1 saturated heterocycles. The van der Waals surface area contributed by atoms with Crippen LogP contribution in [-0.4, -0.2) is 29.9 Å². The van der Waals surface area contributed by atoms with E-state index in [2.05, 4.69) is 0 Å². The molecule has 0 radical (unpaired) electrons. The lowest BCUT2D eigenvalue weighted by molar-refractivity contribution is -0.137. The van der Waals surface area contributed by atoms with Crippen molar-refractivity contribution in [3.05, 3.63) is 35.4 Å². The first-order chi connectivity index (χ1) is 9.79. The van der Waals surface area contributed by atoms with E-state index >= 15 is 0 Å². The van der Waals surface area contributed by atoms with E-state index in [4.69, 9.17) is 5.73 Å². The lowest BCUT2D eigenvalue weighted by Crippen LogP contribution is -2.45. The summed E-state index contributed by atoms with van der Waals surface area (Å²) < 4.78 is 38.1. The Kier molecular flexibility index (Phi) is 6.26. The molecule has 2 rings (SSSR count). The number of carbonyl (C=O) groups excluding carboxylic acids is 1. The zero-order valence-electron chi connectivity index (χ0n) is 12.3. The Morgan fingerprint density at radius 3 is 2.68 bits per heavy atom. The van der Waals surface area contributed by atoms with Crippen molar-refractivity contribution < 1.29 is 18.0 Å². The first-order valence-electron chi connectivity index (χ1n) is 7.01. The second-order valence-corrected chi connectivity index (χ2v) is 5.59. The van der Waals surface area contributed by atoms with Gasteiger partial charge in [-0.15, -0.1) is 12.4 Å². The predicted octanol–water partition coefficient (Wildman–Crippen LogP) is 3.33. The van der Waals surface area contributed by atoms with Crippen LogP contribution in [0.15, 0.2) is 24.3 Å². The maximum Gasteiger partial charge on any atom is 0.416 e. The Balaban J connectivity index is 0.00000242. The fraction of sp³-hybridized carbons (Fsp3) is 0.533. The van der Waals surface area contributed by atoms with Gasteiger partial charge >= 0.3 is 6.18 Å². The number of halogens is 4. The summed E-state index contributed by atoms with van der Waals surface area (Å²) in [4.78, 5) is 14.0. The SMILES string of the molecule is CC(N)C1CCCN(C(=O)c2cccc(C(F)(F)F)c2)C1.Cl. The van der Waals surface area contributed by atoms with Crippen molar-refractivity contribution >= 4 is 18.3 Å². The number of piperidine rings is 1. The minimum Gasteiger partial charge on any atom is -0.338 e. The predicted molar refractivity (Wildman–Crippen MR) is 81.0 cm³/mol. The molecule has 22 heavy (non-hydrogen) atoms. The summed E-state index contributed by atoms with van der Waals surface area (Å²) in [5.74, 6) is -0.153. The highest BCUT2D eigenvalue weighted by molar-refractivity contribution is 5.94. The van der Waals surface area contributed by atoms with E-state index < -0.39 is 11.7 Å². The van der Waals surface area contributed by atoms with Gasteiger partial charge in [0.2, 0.25) is 0 Å².